The van der Waals surface area contributed by atoms with Gasteiger partial charge in [0.25, 0.3) is 5.56 Å². The molecule has 0 aliphatic rings. The summed E-state index contributed by atoms with van der Waals surface area (Å²) in [5, 5.41) is 4.58. The predicted molar refractivity (Wildman–Crippen MR) is 118 cm³/mol. The molecule has 1 heterocycles. The Labute approximate surface area is 183 Å². The number of ether oxygens (including phenoxy) is 2. The standard InChI is InChI=1S/C25H20F2N2O3/c1-31-19-8-4-17(5-9-19)21-14-24(30)29(15-16-3-12-22(26)23(27)13-16)28-25(21)18-6-10-20(32-2)11-7-18/h3-14H,15H2,1-2H3. The minimum atomic E-state index is -0.972. The highest BCUT2D eigenvalue weighted by atomic mass is 19.2. The average molecular weight is 434 g/mol. The Balaban J connectivity index is 1.84. The van der Waals surface area contributed by atoms with Gasteiger partial charge in [0.2, 0.25) is 0 Å². The van der Waals surface area contributed by atoms with E-state index in [0.29, 0.717) is 28.3 Å². The van der Waals surface area contributed by atoms with Crippen LogP contribution in [0.15, 0.2) is 77.6 Å². The molecule has 0 unspecified atom stereocenters. The van der Waals surface area contributed by atoms with Gasteiger partial charge < -0.3 is 9.47 Å². The van der Waals surface area contributed by atoms with Crippen LogP contribution >= 0.6 is 0 Å². The van der Waals surface area contributed by atoms with Gasteiger partial charge in [-0.1, -0.05) is 18.2 Å². The van der Waals surface area contributed by atoms with Gasteiger partial charge in [-0.2, -0.15) is 5.10 Å². The van der Waals surface area contributed by atoms with Crippen molar-refractivity contribution in [3.05, 3.63) is 100 Å². The van der Waals surface area contributed by atoms with Crippen LogP contribution in [-0.2, 0) is 6.54 Å². The molecule has 162 valence electrons. The Morgan fingerprint density at radius 2 is 1.38 bits per heavy atom. The molecule has 0 aliphatic heterocycles. The lowest BCUT2D eigenvalue weighted by Gasteiger charge is -2.14. The molecule has 0 fully saturated rings. The van der Waals surface area contributed by atoms with E-state index in [4.69, 9.17) is 9.47 Å². The Kier molecular flexibility index (Phi) is 5.98. The number of hydrogen-bond donors (Lipinski definition) is 0. The third-order valence-electron chi connectivity index (χ3n) is 5.08. The van der Waals surface area contributed by atoms with Gasteiger partial charge in [-0.3, -0.25) is 4.79 Å². The molecule has 0 saturated heterocycles. The third-order valence-corrected chi connectivity index (χ3v) is 5.08. The SMILES string of the molecule is COc1ccc(-c2cc(=O)n(Cc3ccc(F)c(F)c3)nc2-c2ccc(OC)cc2)cc1. The molecule has 0 spiro atoms. The van der Waals surface area contributed by atoms with Crippen LogP contribution in [0.2, 0.25) is 0 Å². The fraction of sp³-hybridized carbons (Fsp3) is 0.120. The topological polar surface area (TPSA) is 53.4 Å². The molecule has 4 aromatic rings. The van der Waals surface area contributed by atoms with Gasteiger partial charge in [-0.05, 0) is 59.7 Å². The summed E-state index contributed by atoms with van der Waals surface area (Å²) >= 11 is 0. The third kappa shape index (κ3) is 4.37. The largest absolute Gasteiger partial charge is 0.497 e. The summed E-state index contributed by atoms with van der Waals surface area (Å²) < 4.78 is 38.6. The van der Waals surface area contributed by atoms with E-state index in [0.717, 1.165) is 23.3 Å². The van der Waals surface area contributed by atoms with Crippen LogP contribution in [0.1, 0.15) is 5.56 Å². The summed E-state index contributed by atoms with van der Waals surface area (Å²) in [6, 6.07) is 19.6. The maximum Gasteiger partial charge on any atom is 0.267 e. The quantitative estimate of drug-likeness (QED) is 0.432. The smallest absolute Gasteiger partial charge is 0.267 e. The monoisotopic (exact) mass is 434 g/mol. The molecule has 0 amide bonds. The summed E-state index contributed by atoms with van der Waals surface area (Å²) in [6.07, 6.45) is 0. The Morgan fingerprint density at radius 1 is 0.781 bits per heavy atom. The van der Waals surface area contributed by atoms with Gasteiger partial charge in [0.15, 0.2) is 11.6 Å². The van der Waals surface area contributed by atoms with E-state index in [2.05, 4.69) is 5.10 Å². The first-order chi connectivity index (χ1) is 15.5. The lowest BCUT2D eigenvalue weighted by atomic mass is 10.00. The highest BCUT2D eigenvalue weighted by molar-refractivity contribution is 5.80. The van der Waals surface area contributed by atoms with E-state index in [1.54, 1.807) is 38.5 Å². The van der Waals surface area contributed by atoms with Crippen LogP contribution in [0.4, 0.5) is 8.78 Å². The van der Waals surface area contributed by atoms with E-state index in [1.807, 2.05) is 24.3 Å². The minimum Gasteiger partial charge on any atom is -0.497 e. The zero-order valence-corrected chi connectivity index (χ0v) is 17.5. The molecule has 3 aromatic carbocycles. The maximum atomic E-state index is 13.6. The highest BCUT2D eigenvalue weighted by Crippen LogP contribution is 2.31. The maximum absolute atomic E-state index is 13.6. The van der Waals surface area contributed by atoms with E-state index >= 15 is 0 Å². The summed E-state index contributed by atoms with van der Waals surface area (Å²) in [4.78, 5) is 12.9. The van der Waals surface area contributed by atoms with Gasteiger partial charge in [0.05, 0.1) is 26.5 Å². The molecule has 1 aromatic heterocycles. The van der Waals surface area contributed by atoms with Crippen LogP contribution in [0.3, 0.4) is 0 Å². The summed E-state index contributed by atoms with van der Waals surface area (Å²) in [5.41, 5.74) is 2.84. The molecule has 0 atom stereocenters. The Hall–Kier alpha value is -4.00. The van der Waals surface area contributed by atoms with Crippen LogP contribution in [0.5, 0.6) is 11.5 Å². The first-order valence-corrected chi connectivity index (χ1v) is 9.83. The van der Waals surface area contributed by atoms with Crippen molar-refractivity contribution in [3.8, 4) is 33.9 Å². The van der Waals surface area contributed by atoms with Crippen LogP contribution in [-0.4, -0.2) is 24.0 Å². The first-order valence-electron chi connectivity index (χ1n) is 9.83. The average Bonchev–Trinajstić information content (AvgIpc) is 2.82. The van der Waals surface area contributed by atoms with Gasteiger partial charge in [-0.15, -0.1) is 0 Å². The lowest BCUT2D eigenvalue weighted by Crippen LogP contribution is -2.24. The molecular weight excluding hydrogens is 414 g/mol. The van der Waals surface area contributed by atoms with Gasteiger partial charge in [0.1, 0.15) is 11.5 Å². The molecule has 0 N–H and O–H groups in total. The second kappa shape index (κ2) is 9.01. The van der Waals surface area contributed by atoms with Crippen molar-refractivity contribution in [2.24, 2.45) is 0 Å². The second-order valence-electron chi connectivity index (χ2n) is 7.11. The number of rotatable bonds is 6. The fourth-order valence-corrected chi connectivity index (χ4v) is 3.37. The molecule has 5 nitrogen and oxygen atoms in total. The lowest BCUT2D eigenvalue weighted by molar-refractivity contribution is 0.414. The number of hydrogen-bond acceptors (Lipinski definition) is 4. The van der Waals surface area contributed by atoms with Crippen LogP contribution in [0.25, 0.3) is 22.4 Å². The van der Waals surface area contributed by atoms with Crippen LogP contribution in [0, 0.1) is 11.6 Å². The number of benzene rings is 3. The van der Waals surface area contributed by atoms with Crippen molar-refractivity contribution in [1.82, 2.24) is 9.78 Å². The van der Waals surface area contributed by atoms with Crippen molar-refractivity contribution in [2.45, 2.75) is 6.54 Å². The zero-order valence-electron chi connectivity index (χ0n) is 17.5. The molecule has 32 heavy (non-hydrogen) atoms. The molecule has 4 rings (SSSR count). The van der Waals surface area contributed by atoms with Crippen molar-refractivity contribution in [2.75, 3.05) is 14.2 Å². The van der Waals surface area contributed by atoms with Gasteiger partial charge in [-0.25, -0.2) is 13.5 Å². The minimum absolute atomic E-state index is 0.00206. The van der Waals surface area contributed by atoms with Gasteiger partial charge >= 0.3 is 0 Å². The second-order valence-corrected chi connectivity index (χ2v) is 7.11. The summed E-state index contributed by atoms with van der Waals surface area (Å²) in [5.74, 6) is -0.530. The highest BCUT2D eigenvalue weighted by Gasteiger charge is 2.14. The molecule has 0 aliphatic carbocycles. The van der Waals surface area contributed by atoms with Crippen molar-refractivity contribution >= 4 is 0 Å². The Morgan fingerprint density at radius 3 is 1.94 bits per heavy atom. The number of nitrogens with zero attached hydrogens (tertiary/aromatic N) is 2. The molecule has 0 radical (unpaired) electrons. The first kappa shape index (κ1) is 21.2. The van der Waals surface area contributed by atoms with Crippen molar-refractivity contribution in [3.63, 3.8) is 0 Å². The molecule has 7 heteroatoms. The summed E-state index contributed by atoms with van der Waals surface area (Å²) in [6.45, 7) is 0.00206. The van der Waals surface area contributed by atoms with E-state index in [1.165, 1.54) is 16.8 Å². The van der Waals surface area contributed by atoms with Crippen LogP contribution < -0.4 is 15.0 Å². The predicted octanol–water partition coefficient (Wildman–Crippen LogP) is 4.92. The van der Waals surface area contributed by atoms with Crippen molar-refractivity contribution in [1.29, 1.82) is 0 Å². The number of halogens is 2. The number of aromatic nitrogens is 2. The summed E-state index contributed by atoms with van der Waals surface area (Å²) in [7, 11) is 3.16. The molecular formula is C25H20F2N2O3. The van der Waals surface area contributed by atoms with E-state index in [9.17, 15) is 13.6 Å². The number of methoxy groups -OCH3 is 2. The molecule has 0 bridgehead atoms. The van der Waals surface area contributed by atoms with Gasteiger partial charge in [0, 0.05) is 17.2 Å². The molecule has 0 saturated carbocycles. The zero-order chi connectivity index (χ0) is 22.7. The fourth-order valence-electron chi connectivity index (χ4n) is 3.37. The van der Waals surface area contributed by atoms with E-state index in [-0.39, 0.29) is 12.1 Å². The Bertz CT molecular complexity index is 1300. The van der Waals surface area contributed by atoms with E-state index < -0.39 is 11.6 Å². The van der Waals surface area contributed by atoms with Crippen molar-refractivity contribution < 1.29 is 18.3 Å². The normalized spacial score (nSPS) is 10.8.